The molecule has 1 fully saturated rings. The van der Waals surface area contributed by atoms with E-state index in [-0.39, 0.29) is 23.4 Å². The summed E-state index contributed by atoms with van der Waals surface area (Å²) in [6.45, 7) is 0.882. The van der Waals surface area contributed by atoms with Crippen molar-refractivity contribution in [3.8, 4) is 0 Å². The minimum atomic E-state index is -0.956. The van der Waals surface area contributed by atoms with Crippen LogP contribution in [0.3, 0.4) is 0 Å². The van der Waals surface area contributed by atoms with Gasteiger partial charge in [-0.2, -0.15) is 4.39 Å². The first kappa shape index (κ1) is 19.9. The van der Waals surface area contributed by atoms with Crippen LogP contribution in [0.4, 0.5) is 15.8 Å². The molecule has 28 heavy (non-hydrogen) atoms. The monoisotopic (exact) mass is 449 g/mol. The van der Waals surface area contributed by atoms with Crippen molar-refractivity contribution in [3.63, 3.8) is 0 Å². The van der Waals surface area contributed by atoms with E-state index in [4.69, 9.17) is 0 Å². The minimum absolute atomic E-state index is 0.0829. The van der Waals surface area contributed by atoms with Gasteiger partial charge in [-0.25, -0.2) is 0 Å². The van der Waals surface area contributed by atoms with Crippen molar-refractivity contribution in [3.05, 3.63) is 68.4 Å². The number of hydrogen-bond donors (Lipinski definition) is 1. The van der Waals surface area contributed by atoms with Crippen LogP contribution in [0.1, 0.15) is 23.2 Å². The van der Waals surface area contributed by atoms with Gasteiger partial charge in [-0.3, -0.25) is 19.7 Å². The van der Waals surface area contributed by atoms with Crippen molar-refractivity contribution >= 4 is 39.1 Å². The lowest BCUT2D eigenvalue weighted by Gasteiger charge is -2.31. The van der Waals surface area contributed by atoms with Gasteiger partial charge < -0.3 is 10.2 Å². The Morgan fingerprint density at radius 2 is 1.79 bits per heavy atom. The molecule has 1 aliphatic rings. The Kier molecular flexibility index (Phi) is 6.03. The van der Waals surface area contributed by atoms with E-state index in [1.54, 1.807) is 29.2 Å². The Morgan fingerprint density at radius 1 is 1.14 bits per heavy atom. The maximum Gasteiger partial charge on any atom is 0.306 e. The van der Waals surface area contributed by atoms with Crippen molar-refractivity contribution in [2.45, 2.75) is 12.8 Å². The number of likely N-dealkylation sites (tertiary alicyclic amines) is 1. The molecular formula is C19H17BrFN3O4. The molecule has 0 atom stereocenters. The highest BCUT2D eigenvalue weighted by atomic mass is 79.9. The second kappa shape index (κ2) is 8.47. The molecule has 0 bridgehead atoms. The zero-order valence-electron chi connectivity index (χ0n) is 14.7. The van der Waals surface area contributed by atoms with E-state index in [0.717, 1.165) is 16.6 Å². The standard InChI is InChI=1S/C19H17BrFN3O4/c20-14-3-1-13(2-4-14)19(26)23-9-7-12(8-10-23)18(25)22-15-5-6-16(21)17(11-15)24(27)28/h1-6,11-12H,7-10H2,(H,22,25). The predicted molar refractivity (Wildman–Crippen MR) is 104 cm³/mol. The normalized spacial score (nSPS) is 14.6. The molecule has 2 amide bonds. The minimum Gasteiger partial charge on any atom is -0.339 e. The van der Waals surface area contributed by atoms with Gasteiger partial charge in [0.2, 0.25) is 11.7 Å². The lowest BCUT2D eigenvalue weighted by atomic mass is 9.95. The summed E-state index contributed by atoms with van der Waals surface area (Å²) in [4.78, 5) is 36.6. The largest absolute Gasteiger partial charge is 0.339 e. The first-order valence-corrected chi connectivity index (χ1v) is 9.44. The third-order valence-corrected chi connectivity index (χ3v) is 5.18. The van der Waals surface area contributed by atoms with E-state index in [0.29, 0.717) is 31.5 Å². The Morgan fingerprint density at radius 3 is 2.39 bits per heavy atom. The molecule has 7 nitrogen and oxygen atoms in total. The van der Waals surface area contributed by atoms with Crippen LogP contribution in [-0.4, -0.2) is 34.7 Å². The third kappa shape index (κ3) is 4.53. The molecule has 1 heterocycles. The van der Waals surface area contributed by atoms with E-state index in [1.165, 1.54) is 6.07 Å². The molecule has 3 rings (SSSR count). The second-order valence-electron chi connectivity index (χ2n) is 6.49. The van der Waals surface area contributed by atoms with Gasteiger partial charge in [0.15, 0.2) is 0 Å². The molecule has 2 aromatic carbocycles. The maximum atomic E-state index is 13.4. The van der Waals surface area contributed by atoms with Gasteiger partial charge in [0.1, 0.15) is 0 Å². The topological polar surface area (TPSA) is 92.5 Å². The van der Waals surface area contributed by atoms with Crippen LogP contribution in [0.5, 0.6) is 0 Å². The van der Waals surface area contributed by atoms with E-state index in [9.17, 15) is 24.1 Å². The lowest BCUT2D eigenvalue weighted by Crippen LogP contribution is -2.41. The van der Waals surface area contributed by atoms with Crippen molar-refractivity contribution in [1.29, 1.82) is 0 Å². The third-order valence-electron chi connectivity index (χ3n) is 4.65. The van der Waals surface area contributed by atoms with Gasteiger partial charge in [-0.15, -0.1) is 0 Å². The summed E-state index contributed by atoms with van der Waals surface area (Å²) in [6.07, 6.45) is 0.967. The number of carbonyl (C=O) groups is 2. The van der Waals surface area contributed by atoms with Gasteiger partial charge in [-0.05, 0) is 49.2 Å². The number of benzene rings is 2. The highest BCUT2D eigenvalue weighted by Gasteiger charge is 2.28. The molecule has 1 saturated heterocycles. The molecule has 0 spiro atoms. The van der Waals surface area contributed by atoms with Crippen LogP contribution >= 0.6 is 15.9 Å². The number of halogens is 2. The number of rotatable bonds is 4. The number of carbonyl (C=O) groups excluding carboxylic acids is 2. The summed E-state index contributed by atoms with van der Waals surface area (Å²) in [5, 5.41) is 13.4. The highest BCUT2D eigenvalue weighted by molar-refractivity contribution is 9.10. The molecule has 0 radical (unpaired) electrons. The molecule has 1 aliphatic heterocycles. The van der Waals surface area contributed by atoms with Crippen LogP contribution in [0.2, 0.25) is 0 Å². The quantitative estimate of drug-likeness (QED) is 0.563. The van der Waals surface area contributed by atoms with Gasteiger partial charge in [0, 0.05) is 40.8 Å². The van der Waals surface area contributed by atoms with Crippen molar-refractivity contribution in [1.82, 2.24) is 4.90 Å². The fourth-order valence-electron chi connectivity index (χ4n) is 3.09. The molecule has 2 aromatic rings. The summed E-state index contributed by atoms with van der Waals surface area (Å²) in [5.74, 6) is -1.65. The Balaban J connectivity index is 1.58. The molecule has 1 N–H and O–H groups in total. The van der Waals surface area contributed by atoms with Crippen LogP contribution < -0.4 is 5.32 Å². The highest BCUT2D eigenvalue weighted by Crippen LogP contribution is 2.24. The van der Waals surface area contributed by atoms with Crippen LogP contribution in [0, 0.1) is 21.8 Å². The number of nitro groups is 1. The Hall–Kier alpha value is -2.81. The summed E-state index contributed by atoms with van der Waals surface area (Å²) in [5.41, 5.74) is 0.0731. The first-order chi connectivity index (χ1) is 13.3. The first-order valence-electron chi connectivity index (χ1n) is 8.65. The second-order valence-corrected chi connectivity index (χ2v) is 7.40. The van der Waals surface area contributed by atoms with Crippen LogP contribution in [-0.2, 0) is 4.79 Å². The van der Waals surface area contributed by atoms with E-state index in [2.05, 4.69) is 21.2 Å². The molecule has 0 unspecified atom stereocenters. The number of anilines is 1. The smallest absolute Gasteiger partial charge is 0.306 e. The van der Waals surface area contributed by atoms with Crippen LogP contribution in [0.25, 0.3) is 0 Å². The van der Waals surface area contributed by atoms with E-state index >= 15 is 0 Å². The fraction of sp³-hybridized carbons (Fsp3) is 0.263. The zero-order valence-corrected chi connectivity index (χ0v) is 16.3. The van der Waals surface area contributed by atoms with E-state index in [1.807, 2.05) is 0 Å². The molecule has 0 aromatic heterocycles. The van der Waals surface area contributed by atoms with Gasteiger partial charge >= 0.3 is 5.69 Å². The van der Waals surface area contributed by atoms with Crippen molar-refractivity contribution < 1.29 is 18.9 Å². The SMILES string of the molecule is O=C(Nc1ccc(F)c([N+](=O)[O-])c1)C1CCN(C(=O)c2ccc(Br)cc2)CC1. The number of piperidine rings is 1. The number of nitro benzene ring substituents is 1. The van der Waals surface area contributed by atoms with Crippen LogP contribution in [0.15, 0.2) is 46.9 Å². The summed E-state index contributed by atoms with van der Waals surface area (Å²) in [7, 11) is 0. The Bertz CT molecular complexity index is 912. The zero-order chi connectivity index (χ0) is 20.3. The number of amides is 2. The average molecular weight is 450 g/mol. The van der Waals surface area contributed by atoms with Crippen molar-refractivity contribution in [2.24, 2.45) is 5.92 Å². The number of hydrogen-bond acceptors (Lipinski definition) is 4. The summed E-state index contributed by atoms with van der Waals surface area (Å²) in [6, 6.07) is 10.3. The molecule has 9 heteroatoms. The van der Waals surface area contributed by atoms with Crippen molar-refractivity contribution in [2.75, 3.05) is 18.4 Å². The Labute approximate surface area is 168 Å². The van der Waals surface area contributed by atoms with Gasteiger partial charge in [0.05, 0.1) is 4.92 Å². The molecule has 146 valence electrons. The summed E-state index contributed by atoms with van der Waals surface area (Å²) >= 11 is 3.33. The predicted octanol–water partition coefficient (Wildman–Crippen LogP) is 3.99. The van der Waals surface area contributed by atoms with E-state index < -0.39 is 16.4 Å². The van der Waals surface area contributed by atoms with Gasteiger partial charge in [-0.1, -0.05) is 15.9 Å². The number of nitrogens with zero attached hydrogens (tertiary/aromatic N) is 2. The lowest BCUT2D eigenvalue weighted by molar-refractivity contribution is -0.387. The number of nitrogens with one attached hydrogen (secondary N) is 1. The average Bonchev–Trinajstić information content (AvgIpc) is 2.69. The van der Waals surface area contributed by atoms with Gasteiger partial charge in [0.25, 0.3) is 5.91 Å². The molecular weight excluding hydrogens is 433 g/mol. The molecule has 0 aliphatic carbocycles. The fourth-order valence-corrected chi connectivity index (χ4v) is 3.36. The molecule has 0 saturated carbocycles. The maximum absolute atomic E-state index is 13.4. The summed E-state index contributed by atoms with van der Waals surface area (Å²) < 4.78 is 14.3.